The minimum absolute atomic E-state index is 0.446. The predicted molar refractivity (Wildman–Crippen MR) is 53.1 cm³/mol. The lowest BCUT2D eigenvalue weighted by Gasteiger charge is -2.03. The maximum atomic E-state index is 11.0. The van der Waals surface area contributed by atoms with Gasteiger partial charge in [-0.15, -0.1) is 0 Å². The molecule has 5 heteroatoms. The van der Waals surface area contributed by atoms with E-state index in [9.17, 15) is 4.79 Å². The molecule has 0 saturated heterocycles. The molecular weight excluding hydrogens is 211 g/mol. The molecule has 3 nitrogen and oxygen atoms in total. The summed E-state index contributed by atoms with van der Waals surface area (Å²) in [6.07, 6.45) is 1.65. The number of hydrogen-bond donors (Lipinski definition) is 1. The van der Waals surface area contributed by atoms with Crippen LogP contribution in [0.4, 0.5) is 5.82 Å². The van der Waals surface area contributed by atoms with E-state index in [-0.39, 0.29) is 0 Å². The Balaban J connectivity index is 2.65. The van der Waals surface area contributed by atoms with E-state index in [4.69, 9.17) is 23.2 Å². The van der Waals surface area contributed by atoms with Gasteiger partial charge in [0.1, 0.15) is 5.82 Å². The summed E-state index contributed by atoms with van der Waals surface area (Å²) in [5.41, 5.74) is 1.02. The van der Waals surface area contributed by atoms with Crippen molar-refractivity contribution in [2.24, 2.45) is 0 Å². The number of nitrogens with one attached hydrogen (secondary N) is 1. The van der Waals surface area contributed by atoms with Gasteiger partial charge in [0.05, 0.1) is 0 Å². The molecule has 0 radical (unpaired) electrons. The van der Waals surface area contributed by atoms with Crippen molar-refractivity contribution < 1.29 is 4.79 Å². The van der Waals surface area contributed by atoms with Crippen LogP contribution in [0, 0.1) is 6.92 Å². The smallest absolute Gasteiger partial charge is 0.258 e. The van der Waals surface area contributed by atoms with Crippen molar-refractivity contribution in [2.45, 2.75) is 11.8 Å². The van der Waals surface area contributed by atoms with Crippen molar-refractivity contribution in [1.82, 2.24) is 4.98 Å². The first kappa shape index (κ1) is 10.3. The summed E-state index contributed by atoms with van der Waals surface area (Å²) in [7, 11) is 0. The molecule has 1 amide bonds. The zero-order chi connectivity index (χ0) is 9.84. The number of alkyl halides is 2. The Morgan fingerprint density at radius 2 is 2.23 bits per heavy atom. The quantitative estimate of drug-likeness (QED) is 0.774. The molecule has 0 aromatic carbocycles. The molecule has 0 bridgehead atoms. The molecule has 1 rings (SSSR count). The van der Waals surface area contributed by atoms with Crippen LogP contribution in [0.5, 0.6) is 0 Å². The van der Waals surface area contributed by atoms with Gasteiger partial charge >= 0.3 is 0 Å². The third-order valence-electron chi connectivity index (χ3n) is 1.36. The minimum atomic E-state index is -1.07. The molecular formula is C8H8Cl2N2O. The Hall–Kier alpha value is -0.800. The van der Waals surface area contributed by atoms with Gasteiger partial charge < -0.3 is 5.32 Å². The van der Waals surface area contributed by atoms with E-state index < -0.39 is 10.7 Å². The van der Waals surface area contributed by atoms with Crippen LogP contribution in [-0.2, 0) is 4.79 Å². The first-order valence-corrected chi connectivity index (χ1v) is 4.48. The molecule has 0 unspecified atom stereocenters. The van der Waals surface area contributed by atoms with Gasteiger partial charge in [-0.2, -0.15) is 0 Å². The largest absolute Gasteiger partial charge is 0.308 e. The SMILES string of the molecule is Cc1ccc(NC(=O)C(Cl)Cl)nc1. The second-order valence-corrected chi connectivity index (χ2v) is 3.61. The summed E-state index contributed by atoms with van der Waals surface area (Å²) in [5, 5.41) is 2.45. The summed E-state index contributed by atoms with van der Waals surface area (Å²) in [6, 6.07) is 3.52. The number of aromatic nitrogens is 1. The topological polar surface area (TPSA) is 42.0 Å². The number of carbonyl (C=O) groups is 1. The Labute approximate surface area is 86.1 Å². The number of halogens is 2. The average molecular weight is 219 g/mol. The normalized spacial score (nSPS) is 10.2. The first-order valence-electron chi connectivity index (χ1n) is 3.61. The van der Waals surface area contributed by atoms with Crippen LogP contribution in [0.2, 0.25) is 0 Å². The van der Waals surface area contributed by atoms with E-state index in [1.54, 1.807) is 12.3 Å². The molecule has 1 aromatic heterocycles. The molecule has 70 valence electrons. The van der Waals surface area contributed by atoms with Crippen LogP contribution in [0.1, 0.15) is 5.56 Å². The molecule has 0 saturated carbocycles. The highest BCUT2D eigenvalue weighted by Gasteiger charge is 2.11. The van der Waals surface area contributed by atoms with Crippen LogP contribution >= 0.6 is 23.2 Å². The molecule has 0 spiro atoms. The van der Waals surface area contributed by atoms with Crippen LogP contribution in [0.15, 0.2) is 18.3 Å². The summed E-state index contributed by atoms with van der Waals surface area (Å²) >= 11 is 10.7. The van der Waals surface area contributed by atoms with Crippen LogP contribution in [-0.4, -0.2) is 15.7 Å². The average Bonchev–Trinajstić information content (AvgIpc) is 2.08. The highest BCUT2D eigenvalue weighted by atomic mass is 35.5. The van der Waals surface area contributed by atoms with Gasteiger partial charge in [-0.25, -0.2) is 4.98 Å². The third kappa shape index (κ3) is 3.20. The summed E-state index contributed by atoms with van der Waals surface area (Å²) < 4.78 is 0. The van der Waals surface area contributed by atoms with E-state index in [0.29, 0.717) is 5.82 Å². The summed E-state index contributed by atoms with van der Waals surface area (Å²) in [5.74, 6) is -0.0263. The Bertz CT molecular complexity index is 298. The number of carbonyl (C=O) groups excluding carboxylic acids is 1. The number of pyridine rings is 1. The fourth-order valence-electron chi connectivity index (χ4n) is 0.723. The molecule has 0 fully saturated rings. The maximum absolute atomic E-state index is 11.0. The Morgan fingerprint density at radius 3 is 2.69 bits per heavy atom. The van der Waals surface area contributed by atoms with E-state index in [2.05, 4.69) is 10.3 Å². The molecule has 0 aliphatic heterocycles. The summed E-state index contributed by atoms with van der Waals surface area (Å²) in [4.78, 5) is 13.9. The highest BCUT2D eigenvalue weighted by molar-refractivity contribution is 6.54. The molecule has 0 atom stereocenters. The van der Waals surface area contributed by atoms with Gasteiger partial charge in [0, 0.05) is 6.20 Å². The fourth-order valence-corrected chi connectivity index (χ4v) is 0.832. The molecule has 1 heterocycles. The van der Waals surface area contributed by atoms with E-state index in [0.717, 1.165) is 5.56 Å². The van der Waals surface area contributed by atoms with Gasteiger partial charge in [-0.3, -0.25) is 4.79 Å². The predicted octanol–water partition coefficient (Wildman–Crippen LogP) is 2.13. The molecule has 0 aliphatic carbocycles. The highest BCUT2D eigenvalue weighted by Crippen LogP contribution is 2.08. The van der Waals surface area contributed by atoms with Crippen molar-refractivity contribution in [1.29, 1.82) is 0 Å². The van der Waals surface area contributed by atoms with Crippen molar-refractivity contribution in [3.8, 4) is 0 Å². The fraction of sp³-hybridized carbons (Fsp3) is 0.250. The number of aryl methyl sites for hydroxylation is 1. The number of hydrogen-bond acceptors (Lipinski definition) is 2. The minimum Gasteiger partial charge on any atom is -0.308 e. The van der Waals surface area contributed by atoms with Gasteiger partial charge in [-0.1, -0.05) is 29.3 Å². The lowest BCUT2D eigenvalue weighted by Crippen LogP contribution is -2.19. The zero-order valence-electron chi connectivity index (χ0n) is 6.92. The van der Waals surface area contributed by atoms with Crippen molar-refractivity contribution in [3.05, 3.63) is 23.9 Å². The second kappa shape index (κ2) is 4.44. The van der Waals surface area contributed by atoms with Gasteiger partial charge in [0.15, 0.2) is 4.84 Å². The standard InChI is InChI=1S/C8H8Cl2N2O/c1-5-2-3-6(11-4-5)12-8(13)7(9)10/h2-4,7H,1H3,(H,11,12,13). The van der Waals surface area contributed by atoms with Gasteiger partial charge in [0.25, 0.3) is 5.91 Å². The van der Waals surface area contributed by atoms with Crippen molar-refractivity contribution in [2.75, 3.05) is 5.32 Å². The molecule has 0 aliphatic rings. The zero-order valence-corrected chi connectivity index (χ0v) is 8.43. The van der Waals surface area contributed by atoms with Crippen LogP contribution in [0.25, 0.3) is 0 Å². The maximum Gasteiger partial charge on any atom is 0.258 e. The van der Waals surface area contributed by atoms with Gasteiger partial charge in [0.2, 0.25) is 0 Å². The Kier molecular flexibility index (Phi) is 3.51. The van der Waals surface area contributed by atoms with Crippen LogP contribution < -0.4 is 5.32 Å². The number of rotatable bonds is 2. The summed E-state index contributed by atoms with van der Waals surface area (Å²) in [6.45, 7) is 1.91. The second-order valence-electron chi connectivity index (χ2n) is 2.51. The van der Waals surface area contributed by atoms with E-state index in [1.807, 2.05) is 13.0 Å². The molecule has 1 aromatic rings. The van der Waals surface area contributed by atoms with Gasteiger partial charge in [-0.05, 0) is 18.6 Å². The number of anilines is 1. The van der Waals surface area contributed by atoms with E-state index >= 15 is 0 Å². The third-order valence-corrected chi connectivity index (χ3v) is 1.76. The van der Waals surface area contributed by atoms with E-state index in [1.165, 1.54) is 0 Å². The number of nitrogens with zero attached hydrogens (tertiary/aromatic N) is 1. The van der Waals surface area contributed by atoms with Crippen molar-refractivity contribution >= 4 is 34.9 Å². The monoisotopic (exact) mass is 218 g/mol. The number of amides is 1. The lowest BCUT2D eigenvalue weighted by atomic mass is 10.3. The lowest BCUT2D eigenvalue weighted by molar-refractivity contribution is -0.114. The van der Waals surface area contributed by atoms with Crippen molar-refractivity contribution in [3.63, 3.8) is 0 Å². The van der Waals surface area contributed by atoms with Crippen LogP contribution in [0.3, 0.4) is 0 Å². The molecule has 13 heavy (non-hydrogen) atoms. The Morgan fingerprint density at radius 1 is 1.54 bits per heavy atom. The first-order chi connectivity index (χ1) is 6.09. The molecule has 1 N–H and O–H groups in total.